The van der Waals surface area contributed by atoms with Crippen molar-refractivity contribution in [2.24, 2.45) is 0 Å². The van der Waals surface area contributed by atoms with Crippen molar-refractivity contribution in [2.75, 3.05) is 19.8 Å². The largest absolute Gasteiger partial charge is 0.466 e. The Kier molecular flexibility index (Phi) is 10.0. The molecule has 4 nitrogen and oxygen atoms in total. The minimum absolute atomic E-state index is 0.0375. The number of unbranched alkanes of at least 4 members (excludes halogenated alkanes) is 2. The van der Waals surface area contributed by atoms with E-state index in [1.807, 2.05) is 0 Å². The molecule has 0 aliphatic rings. The molecule has 0 heterocycles. The first-order valence-electron chi connectivity index (χ1n) is 5.95. The summed E-state index contributed by atoms with van der Waals surface area (Å²) in [4.78, 5) is 22.2. The summed E-state index contributed by atoms with van der Waals surface area (Å²) in [6, 6.07) is 0. The summed E-state index contributed by atoms with van der Waals surface area (Å²) >= 11 is 0. The van der Waals surface area contributed by atoms with Gasteiger partial charge in [-0.25, -0.2) is 0 Å². The van der Waals surface area contributed by atoms with Crippen molar-refractivity contribution in [3.8, 4) is 0 Å². The molecule has 0 atom stereocenters. The summed E-state index contributed by atoms with van der Waals surface area (Å²) in [6.45, 7) is 4.96. The number of hydrogen-bond donors (Lipinski definition) is 0. The van der Waals surface area contributed by atoms with E-state index in [1.165, 1.54) is 0 Å². The second kappa shape index (κ2) is 10.6. The molecule has 0 amide bonds. The highest BCUT2D eigenvalue weighted by Crippen LogP contribution is 1.97. The Morgan fingerprint density at radius 1 is 1.06 bits per heavy atom. The first kappa shape index (κ1) is 15.1. The zero-order valence-corrected chi connectivity index (χ0v) is 10.3. The van der Waals surface area contributed by atoms with Crippen LogP contribution < -0.4 is 0 Å². The minimum Gasteiger partial charge on any atom is -0.466 e. The zero-order chi connectivity index (χ0) is 12.2. The van der Waals surface area contributed by atoms with E-state index in [4.69, 9.17) is 9.47 Å². The van der Waals surface area contributed by atoms with Crippen molar-refractivity contribution in [3.05, 3.63) is 0 Å². The molecule has 0 aromatic carbocycles. The molecule has 0 aromatic rings. The molecule has 0 radical (unpaired) electrons. The quantitative estimate of drug-likeness (QED) is 0.426. The van der Waals surface area contributed by atoms with Crippen molar-refractivity contribution >= 4 is 11.8 Å². The predicted molar refractivity (Wildman–Crippen MR) is 61.2 cm³/mol. The summed E-state index contributed by atoms with van der Waals surface area (Å²) in [7, 11) is 0. The first-order chi connectivity index (χ1) is 7.70. The van der Waals surface area contributed by atoms with E-state index in [-0.39, 0.29) is 31.2 Å². The highest BCUT2D eigenvalue weighted by Gasteiger charge is 2.07. The van der Waals surface area contributed by atoms with Gasteiger partial charge in [-0.3, -0.25) is 9.59 Å². The molecule has 0 fully saturated rings. The molecule has 94 valence electrons. The molecule has 0 saturated heterocycles. The first-order valence-corrected chi connectivity index (χ1v) is 5.95. The van der Waals surface area contributed by atoms with Gasteiger partial charge in [0.15, 0.2) is 5.78 Å². The normalized spacial score (nSPS) is 10.1. The maximum atomic E-state index is 11.3. The minimum atomic E-state index is -0.318. The summed E-state index contributed by atoms with van der Waals surface area (Å²) in [5.74, 6) is -0.355. The van der Waals surface area contributed by atoms with Gasteiger partial charge in [0.25, 0.3) is 0 Å². The maximum Gasteiger partial charge on any atom is 0.306 e. The van der Waals surface area contributed by atoms with Crippen molar-refractivity contribution in [1.82, 2.24) is 0 Å². The van der Waals surface area contributed by atoms with Gasteiger partial charge in [-0.05, 0) is 13.3 Å². The fourth-order valence-corrected chi connectivity index (χ4v) is 1.19. The maximum absolute atomic E-state index is 11.3. The summed E-state index contributed by atoms with van der Waals surface area (Å²) in [6.07, 6.45) is 3.62. The fourth-order valence-electron chi connectivity index (χ4n) is 1.19. The van der Waals surface area contributed by atoms with Crippen LogP contribution in [0.25, 0.3) is 0 Å². The van der Waals surface area contributed by atoms with Gasteiger partial charge in [0.1, 0.15) is 6.61 Å². The van der Waals surface area contributed by atoms with Gasteiger partial charge in [-0.2, -0.15) is 0 Å². The van der Waals surface area contributed by atoms with Gasteiger partial charge >= 0.3 is 5.97 Å². The lowest BCUT2D eigenvalue weighted by atomic mass is 10.2. The Hall–Kier alpha value is -0.900. The lowest BCUT2D eigenvalue weighted by Gasteiger charge is -2.03. The van der Waals surface area contributed by atoms with Crippen LogP contribution >= 0.6 is 0 Å². The smallest absolute Gasteiger partial charge is 0.306 e. The molecule has 0 saturated carbocycles. The second-order valence-electron chi connectivity index (χ2n) is 3.60. The molecule has 0 aromatic heterocycles. The molecule has 0 rings (SSSR count). The van der Waals surface area contributed by atoms with Crippen LogP contribution in [0.5, 0.6) is 0 Å². The van der Waals surface area contributed by atoms with Gasteiger partial charge < -0.3 is 9.47 Å². The Bertz CT molecular complexity index is 201. The Morgan fingerprint density at radius 3 is 2.44 bits per heavy atom. The molecular formula is C12H22O4. The fraction of sp³-hybridized carbons (Fsp3) is 0.833. The summed E-state index contributed by atoms with van der Waals surface area (Å²) < 4.78 is 9.91. The van der Waals surface area contributed by atoms with Gasteiger partial charge in [-0.1, -0.05) is 19.8 Å². The average molecular weight is 230 g/mol. The molecule has 0 spiro atoms. The molecule has 0 N–H and O–H groups in total. The van der Waals surface area contributed by atoms with Crippen LogP contribution in [0.4, 0.5) is 0 Å². The van der Waals surface area contributed by atoms with Crippen molar-refractivity contribution in [1.29, 1.82) is 0 Å². The Balaban J connectivity index is 3.34. The van der Waals surface area contributed by atoms with E-state index in [0.29, 0.717) is 13.2 Å². The summed E-state index contributed by atoms with van der Waals surface area (Å²) in [5, 5.41) is 0. The molecule has 0 unspecified atom stereocenters. The van der Waals surface area contributed by atoms with Crippen molar-refractivity contribution in [3.63, 3.8) is 0 Å². The van der Waals surface area contributed by atoms with Gasteiger partial charge in [-0.15, -0.1) is 0 Å². The zero-order valence-electron chi connectivity index (χ0n) is 10.3. The second-order valence-corrected chi connectivity index (χ2v) is 3.60. The van der Waals surface area contributed by atoms with Crippen LogP contribution in [0.3, 0.4) is 0 Å². The third-order valence-electron chi connectivity index (χ3n) is 2.07. The van der Waals surface area contributed by atoms with E-state index in [2.05, 4.69) is 6.92 Å². The van der Waals surface area contributed by atoms with Crippen LogP contribution in [-0.2, 0) is 19.1 Å². The monoisotopic (exact) mass is 230 g/mol. The standard InChI is InChI=1S/C12H22O4/c1-3-5-6-9-15-10-11(13)7-8-12(14)16-4-2/h3-10H2,1-2H3. The van der Waals surface area contributed by atoms with E-state index < -0.39 is 0 Å². The van der Waals surface area contributed by atoms with Crippen LogP contribution in [0.15, 0.2) is 0 Å². The third kappa shape index (κ3) is 9.65. The van der Waals surface area contributed by atoms with E-state index >= 15 is 0 Å². The molecule has 0 bridgehead atoms. The highest BCUT2D eigenvalue weighted by molar-refractivity contribution is 5.83. The molecule has 0 aliphatic carbocycles. The number of hydrogen-bond acceptors (Lipinski definition) is 4. The van der Waals surface area contributed by atoms with Crippen LogP contribution in [-0.4, -0.2) is 31.6 Å². The van der Waals surface area contributed by atoms with Gasteiger partial charge in [0, 0.05) is 13.0 Å². The lowest BCUT2D eigenvalue weighted by molar-refractivity contribution is -0.144. The Labute approximate surface area is 97.3 Å². The van der Waals surface area contributed by atoms with Gasteiger partial charge in [0.2, 0.25) is 0 Å². The number of esters is 1. The molecule has 4 heteroatoms. The number of rotatable bonds is 10. The average Bonchev–Trinajstić information content (AvgIpc) is 2.26. The number of ketones is 1. The number of Topliss-reactive ketones (excluding diaryl/α,β-unsaturated/α-hetero) is 1. The number of ether oxygens (including phenoxy) is 2. The van der Waals surface area contributed by atoms with E-state index in [0.717, 1.165) is 19.3 Å². The third-order valence-corrected chi connectivity index (χ3v) is 2.07. The number of carbonyl (C=O) groups is 2. The van der Waals surface area contributed by atoms with E-state index in [9.17, 15) is 9.59 Å². The van der Waals surface area contributed by atoms with Crippen molar-refractivity contribution < 1.29 is 19.1 Å². The predicted octanol–water partition coefficient (Wildman–Crippen LogP) is 2.11. The van der Waals surface area contributed by atoms with Crippen LogP contribution in [0, 0.1) is 0 Å². The van der Waals surface area contributed by atoms with E-state index in [1.54, 1.807) is 6.92 Å². The SMILES string of the molecule is CCCCCOCC(=O)CCC(=O)OCC. The molecular weight excluding hydrogens is 208 g/mol. The van der Waals surface area contributed by atoms with Crippen LogP contribution in [0.2, 0.25) is 0 Å². The molecule has 0 aliphatic heterocycles. The summed E-state index contributed by atoms with van der Waals surface area (Å²) in [5.41, 5.74) is 0. The molecule has 16 heavy (non-hydrogen) atoms. The topological polar surface area (TPSA) is 52.6 Å². The lowest BCUT2D eigenvalue weighted by Crippen LogP contribution is -2.12. The van der Waals surface area contributed by atoms with Gasteiger partial charge in [0.05, 0.1) is 13.0 Å². The number of carbonyl (C=O) groups excluding carboxylic acids is 2. The highest BCUT2D eigenvalue weighted by atomic mass is 16.5. The van der Waals surface area contributed by atoms with Crippen LogP contribution in [0.1, 0.15) is 46.0 Å². The van der Waals surface area contributed by atoms with Crippen molar-refractivity contribution in [2.45, 2.75) is 46.0 Å². The Morgan fingerprint density at radius 2 is 1.81 bits per heavy atom.